The summed E-state index contributed by atoms with van der Waals surface area (Å²) < 4.78 is 50.9. The molecule has 0 aliphatic carbocycles. The van der Waals surface area contributed by atoms with Gasteiger partial charge in [0.2, 0.25) is 0 Å². The number of nitrogens with one attached hydrogen (secondary N) is 1. The molecule has 3 nitrogen and oxygen atoms in total. The molecule has 0 radical (unpaired) electrons. The van der Waals surface area contributed by atoms with Crippen molar-refractivity contribution in [3.63, 3.8) is 0 Å². The first kappa shape index (κ1) is 16.4. The number of alkyl halides is 3. The van der Waals surface area contributed by atoms with Gasteiger partial charge in [0.15, 0.2) is 0 Å². The van der Waals surface area contributed by atoms with Crippen LogP contribution in [0.3, 0.4) is 0 Å². The third-order valence-electron chi connectivity index (χ3n) is 2.77. The van der Waals surface area contributed by atoms with E-state index in [4.69, 9.17) is 5.11 Å². The largest absolute Gasteiger partial charge is 0.416 e. The number of aliphatic hydroxyl groups excluding tert-OH is 1. The van der Waals surface area contributed by atoms with Gasteiger partial charge in [-0.1, -0.05) is 6.92 Å². The van der Waals surface area contributed by atoms with E-state index in [9.17, 15) is 22.4 Å². The van der Waals surface area contributed by atoms with E-state index in [2.05, 4.69) is 5.32 Å². The van der Waals surface area contributed by atoms with Gasteiger partial charge in [0.25, 0.3) is 5.91 Å². The van der Waals surface area contributed by atoms with Gasteiger partial charge in [-0.2, -0.15) is 13.2 Å². The highest BCUT2D eigenvalue weighted by Gasteiger charge is 2.31. The molecule has 0 saturated carbocycles. The third-order valence-corrected chi connectivity index (χ3v) is 2.77. The van der Waals surface area contributed by atoms with Crippen molar-refractivity contribution < 1.29 is 27.5 Å². The molecule has 2 N–H and O–H groups in total. The van der Waals surface area contributed by atoms with Gasteiger partial charge < -0.3 is 10.4 Å². The van der Waals surface area contributed by atoms with Gasteiger partial charge in [0.1, 0.15) is 5.82 Å². The van der Waals surface area contributed by atoms with E-state index in [-0.39, 0.29) is 19.1 Å². The number of carbonyl (C=O) groups excluding carboxylic acids is 1. The zero-order valence-corrected chi connectivity index (χ0v) is 10.8. The van der Waals surface area contributed by atoms with Crippen molar-refractivity contribution in [1.82, 2.24) is 5.32 Å². The number of rotatable bonds is 5. The summed E-state index contributed by atoms with van der Waals surface area (Å²) in [6, 6.07) is 1.69. The van der Waals surface area contributed by atoms with Crippen LogP contribution in [-0.2, 0) is 6.18 Å². The lowest BCUT2D eigenvalue weighted by molar-refractivity contribution is -0.137. The fourth-order valence-electron chi connectivity index (χ4n) is 1.56. The summed E-state index contributed by atoms with van der Waals surface area (Å²) in [5.74, 6) is -1.97. The van der Waals surface area contributed by atoms with E-state index in [0.29, 0.717) is 24.6 Å². The van der Waals surface area contributed by atoms with Crippen LogP contribution in [0.5, 0.6) is 0 Å². The zero-order valence-electron chi connectivity index (χ0n) is 10.8. The van der Waals surface area contributed by atoms with E-state index < -0.39 is 29.0 Å². The summed E-state index contributed by atoms with van der Waals surface area (Å²) in [6.07, 6.45) is -4.20. The van der Waals surface area contributed by atoms with Crippen LogP contribution in [0.2, 0.25) is 0 Å². The van der Waals surface area contributed by atoms with Crippen molar-refractivity contribution in [2.75, 3.05) is 13.2 Å². The Kier molecular flexibility index (Phi) is 5.50. The highest BCUT2D eigenvalue weighted by Crippen LogP contribution is 2.30. The van der Waals surface area contributed by atoms with Gasteiger partial charge >= 0.3 is 6.18 Å². The second-order valence-corrected chi connectivity index (χ2v) is 4.52. The van der Waals surface area contributed by atoms with Gasteiger partial charge in [-0.05, 0) is 30.5 Å². The second-order valence-electron chi connectivity index (χ2n) is 4.52. The van der Waals surface area contributed by atoms with Crippen LogP contribution in [0, 0.1) is 11.7 Å². The summed E-state index contributed by atoms with van der Waals surface area (Å²) in [5, 5.41) is 11.0. The average molecular weight is 293 g/mol. The van der Waals surface area contributed by atoms with Crippen LogP contribution in [-0.4, -0.2) is 24.2 Å². The molecule has 1 unspecified atom stereocenters. The van der Waals surface area contributed by atoms with E-state index in [1.807, 2.05) is 0 Å². The molecular weight excluding hydrogens is 278 g/mol. The molecule has 1 atom stereocenters. The Labute approximate surface area is 113 Å². The maximum atomic E-state index is 13.4. The van der Waals surface area contributed by atoms with Crippen molar-refractivity contribution in [3.8, 4) is 0 Å². The van der Waals surface area contributed by atoms with Gasteiger partial charge in [-0.15, -0.1) is 0 Å². The maximum absolute atomic E-state index is 13.4. The lowest BCUT2D eigenvalue weighted by Crippen LogP contribution is -2.29. The molecule has 7 heteroatoms. The lowest BCUT2D eigenvalue weighted by atomic mass is 10.1. The fourth-order valence-corrected chi connectivity index (χ4v) is 1.56. The van der Waals surface area contributed by atoms with Gasteiger partial charge in [0, 0.05) is 13.2 Å². The van der Waals surface area contributed by atoms with Crippen LogP contribution in [0.4, 0.5) is 17.6 Å². The second kappa shape index (κ2) is 6.69. The van der Waals surface area contributed by atoms with Crippen LogP contribution < -0.4 is 5.32 Å². The predicted molar refractivity (Wildman–Crippen MR) is 64.6 cm³/mol. The SMILES string of the molecule is CC(CCO)CNC(=O)c1cc(C(F)(F)F)ccc1F. The standard InChI is InChI=1S/C13H15F4NO2/c1-8(4-5-19)7-18-12(20)10-6-9(13(15,16)17)2-3-11(10)14/h2-3,6,8,19H,4-5,7H2,1H3,(H,18,20). The normalized spacial score (nSPS) is 13.1. The van der Waals surface area contributed by atoms with Gasteiger partial charge in [-0.3, -0.25) is 4.79 Å². The monoisotopic (exact) mass is 293 g/mol. The van der Waals surface area contributed by atoms with Crippen molar-refractivity contribution in [3.05, 3.63) is 35.1 Å². The Morgan fingerprint density at radius 1 is 1.40 bits per heavy atom. The fraction of sp³-hybridized carbons (Fsp3) is 0.462. The lowest BCUT2D eigenvalue weighted by Gasteiger charge is -2.13. The number of hydrogen-bond acceptors (Lipinski definition) is 2. The summed E-state index contributed by atoms with van der Waals surface area (Å²) >= 11 is 0. The van der Waals surface area contributed by atoms with Crippen LogP contribution >= 0.6 is 0 Å². The molecular formula is C13H15F4NO2. The van der Waals surface area contributed by atoms with Crippen molar-refractivity contribution in [2.24, 2.45) is 5.92 Å². The highest BCUT2D eigenvalue weighted by atomic mass is 19.4. The first-order valence-electron chi connectivity index (χ1n) is 6.01. The Morgan fingerprint density at radius 2 is 2.05 bits per heavy atom. The average Bonchev–Trinajstić information content (AvgIpc) is 2.35. The number of carbonyl (C=O) groups is 1. The summed E-state index contributed by atoms with van der Waals surface area (Å²) in [4.78, 5) is 11.7. The molecule has 1 rings (SSSR count). The minimum absolute atomic E-state index is 0.0576. The van der Waals surface area contributed by atoms with E-state index in [1.54, 1.807) is 6.92 Å². The van der Waals surface area contributed by atoms with Crippen molar-refractivity contribution >= 4 is 5.91 Å². The summed E-state index contributed by atoms with van der Waals surface area (Å²) in [7, 11) is 0. The molecule has 1 aromatic carbocycles. The van der Waals surface area contributed by atoms with E-state index >= 15 is 0 Å². The smallest absolute Gasteiger partial charge is 0.396 e. The molecule has 0 heterocycles. The molecule has 0 aliphatic heterocycles. The number of benzene rings is 1. The minimum Gasteiger partial charge on any atom is -0.396 e. The molecule has 0 spiro atoms. The van der Waals surface area contributed by atoms with Crippen LogP contribution in [0.25, 0.3) is 0 Å². The molecule has 0 aromatic heterocycles. The molecule has 0 bridgehead atoms. The summed E-state index contributed by atoms with van der Waals surface area (Å²) in [5.41, 5.74) is -1.72. The molecule has 1 aromatic rings. The number of amides is 1. The summed E-state index contributed by atoms with van der Waals surface area (Å²) in [6.45, 7) is 1.84. The molecule has 0 saturated heterocycles. The maximum Gasteiger partial charge on any atom is 0.416 e. The van der Waals surface area contributed by atoms with Crippen LogP contribution in [0.1, 0.15) is 29.3 Å². The minimum atomic E-state index is -4.63. The predicted octanol–water partition coefficient (Wildman–Crippen LogP) is 2.59. The molecule has 1 amide bonds. The molecule has 0 fully saturated rings. The quantitative estimate of drug-likeness (QED) is 0.820. The topological polar surface area (TPSA) is 49.3 Å². The zero-order chi connectivity index (χ0) is 15.3. The molecule has 112 valence electrons. The molecule has 0 aliphatic rings. The highest BCUT2D eigenvalue weighted by molar-refractivity contribution is 5.94. The Bertz CT molecular complexity index is 474. The van der Waals surface area contributed by atoms with Crippen molar-refractivity contribution in [2.45, 2.75) is 19.5 Å². The number of halogens is 4. The Balaban J connectivity index is 2.82. The Hall–Kier alpha value is -1.63. The first-order valence-corrected chi connectivity index (χ1v) is 6.01. The number of hydrogen-bond donors (Lipinski definition) is 2. The first-order chi connectivity index (χ1) is 9.25. The van der Waals surface area contributed by atoms with Crippen molar-refractivity contribution in [1.29, 1.82) is 0 Å². The Morgan fingerprint density at radius 3 is 2.60 bits per heavy atom. The van der Waals surface area contributed by atoms with Gasteiger partial charge in [-0.25, -0.2) is 4.39 Å². The van der Waals surface area contributed by atoms with E-state index in [1.165, 1.54) is 0 Å². The van der Waals surface area contributed by atoms with E-state index in [0.717, 1.165) is 0 Å². The van der Waals surface area contributed by atoms with Gasteiger partial charge in [0.05, 0.1) is 11.1 Å². The number of aliphatic hydroxyl groups is 1. The van der Waals surface area contributed by atoms with Crippen LogP contribution in [0.15, 0.2) is 18.2 Å². The third kappa shape index (κ3) is 4.48. The molecule has 20 heavy (non-hydrogen) atoms.